The molecule has 0 aromatic heterocycles. The molecule has 0 spiro atoms. The molecule has 1 aliphatic rings. The molecule has 1 aromatic carbocycles. The Labute approximate surface area is 120 Å². The summed E-state index contributed by atoms with van der Waals surface area (Å²) in [6.07, 6.45) is 7.56. The van der Waals surface area contributed by atoms with Crippen LogP contribution in [0, 0.1) is 0 Å². The standard InChI is InChI=1S/C15H24N2OS/c1-3-18-14-10-12(6-7-13(14)16)17-11-15(19-2)8-4-5-9-15/h6-7,10,17H,3-5,8-9,11,16H2,1-2H3. The average Bonchev–Trinajstić information content (AvgIpc) is 2.89. The lowest BCUT2D eigenvalue weighted by Crippen LogP contribution is -2.29. The van der Waals surface area contributed by atoms with Crippen LogP contribution >= 0.6 is 11.8 Å². The summed E-state index contributed by atoms with van der Waals surface area (Å²) in [5.74, 6) is 0.775. The van der Waals surface area contributed by atoms with Crippen LogP contribution < -0.4 is 15.8 Å². The van der Waals surface area contributed by atoms with E-state index in [9.17, 15) is 0 Å². The highest BCUT2D eigenvalue weighted by Gasteiger charge is 2.32. The van der Waals surface area contributed by atoms with Crippen molar-refractivity contribution < 1.29 is 4.74 Å². The first-order chi connectivity index (χ1) is 9.19. The minimum Gasteiger partial charge on any atom is -0.492 e. The number of hydrogen-bond acceptors (Lipinski definition) is 4. The number of rotatable bonds is 6. The zero-order valence-electron chi connectivity index (χ0n) is 11.9. The van der Waals surface area contributed by atoms with E-state index in [-0.39, 0.29) is 0 Å². The van der Waals surface area contributed by atoms with Crippen molar-refractivity contribution in [2.24, 2.45) is 0 Å². The second kappa shape index (κ2) is 6.42. The van der Waals surface area contributed by atoms with Gasteiger partial charge in [0, 0.05) is 23.0 Å². The molecule has 0 radical (unpaired) electrons. The van der Waals surface area contributed by atoms with Crippen molar-refractivity contribution in [1.82, 2.24) is 0 Å². The molecular weight excluding hydrogens is 256 g/mol. The van der Waals surface area contributed by atoms with Crippen molar-refractivity contribution >= 4 is 23.1 Å². The number of ether oxygens (including phenoxy) is 1. The second-order valence-electron chi connectivity index (χ2n) is 5.13. The normalized spacial score (nSPS) is 17.4. The zero-order valence-corrected chi connectivity index (χ0v) is 12.7. The summed E-state index contributed by atoms with van der Waals surface area (Å²) in [4.78, 5) is 0. The summed E-state index contributed by atoms with van der Waals surface area (Å²) in [6, 6.07) is 5.94. The molecule has 0 heterocycles. The Kier molecular flexibility index (Phi) is 4.86. The van der Waals surface area contributed by atoms with E-state index in [4.69, 9.17) is 10.5 Å². The fourth-order valence-electron chi connectivity index (χ4n) is 2.66. The largest absolute Gasteiger partial charge is 0.492 e. The van der Waals surface area contributed by atoms with E-state index >= 15 is 0 Å². The third-order valence-electron chi connectivity index (χ3n) is 3.88. The lowest BCUT2D eigenvalue weighted by atomic mass is 10.1. The van der Waals surface area contributed by atoms with Crippen LogP contribution in [0.4, 0.5) is 11.4 Å². The summed E-state index contributed by atoms with van der Waals surface area (Å²) in [5.41, 5.74) is 7.69. The van der Waals surface area contributed by atoms with Gasteiger partial charge in [0.15, 0.2) is 0 Å². The second-order valence-corrected chi connectivity index (χ2v) is 6.41. The fourth-order valence-corrected chi connectivity index (χ4v) is 3.57. The molecule has 1 aliphatic carbocycles. The first kappa shape index (κ1) is 14.4. The predicted octanol–water partition coefficient (Wildman–Crippen LogP) is 3.76. The molecule has 1 saturated carbocycles. The van der Waals surface area contributed by atoms with E-state index in [1.54, 1.807) is 0 Å². The number of nitrogens with two attached hydrogens (primary N) is 1. The molecule has 0 atom stereocenters. The molecule has 2 rings (SSSR count). The predicted molar refractivity (Wildman–Crippen MR) is 85.2 cm³/mol. The van der Waals surface area contributed by atoms with Crippen molar-refractivity contribution in [3.05, 3.63) is 18.2 Å². The van der Waals surface area contributed by atoms with Crippen LogP contribution in [-0.2, 0) is 0 Å². The van der Waals surface area contributed by atoms with Crippen molar-refractivity contribution in [1.29, 1.82) is 0 Å². The van der Waals surface area contributed by atoms with Gasteiger partial charge in [-0.25, -0.2) is 0 Å². The van der Waals surface area contributed by atoms with Crippen LogP contribution in [-0.4, -0.2) is 24.2 Å². The Morgan fingerprint density at radius 2 is 2.11 bits per heavy atom. The van der Waals surface area contributed by atoms with E-state index in [0.717, 1.165) is 18.0 Å². The van der Waals surface area contributed by atoms with Crippen molar-refractivity contribution in [2.45, 2.75) is 37.4 Å². The molecule has 1 aromatic rings. The summed E-state index contributed by atoms with van der Waals surface area (Å²) < 4.78 is 5.94. The summed E-state index contributed by atoms with van der Waals surface area (Å²) in [6.45, 7) is 3.63. The molecular formula is C15H24N2OS. The van der Waals surface area contributed by atoms with Gasteiger partial charge >= 0.3 is 0 Å². The first-order valence-corrected chi connectivity index (χ1v) is 8.23. The van der Waals surface area contributed by atoms with E-state index < -0.39 is 0 Å². The van der Waals surface area contributed by atoms with Crippen molar-refractivity contribution in [3.63, 3.8) is 0 Å². The van der Waals surface area contributed by atoms with Crippen LogP contribution in [0.1, 0.15) is 32.6 Å². The first-order valence-electron chi connectivity index (χ1n) is 7.00. The summed E-state index contributed by atoms with van der Waals surface area (Å²) in [7, 11) is 0. The number of benzene rings is 1. The average molecular weight is 280 g/mol. The number of nitrogen functional groups attached to an aromatic ring is 1. The maximum absolute atomic E-state index is 5.89. The molecule has 0 aliphatic heterocycles. The van der Waals surface area contributed by atoms with Crippen LogP contribution in [0.5, 0.6) is 5.75 Å². The van der Waals surface area contributed by atoms with Crippen LogP contribution in [0.2, 0.25) is 0 Å². The van der Waals surface area contributed by atoms with Crippen molar-refractivity contribution in [2.75, 3.05) is 30.5 Å². The molecule has 3 nitrogen and oxygen atoms in total. The third-order valence-corrected chi connectivity index (χ3v) is 5.29. The summed E-state index contributed by atoms with van der Waals surface area (Å²) in [5, 5.41) is 3.55. The highest BCUT2D eigenvalue weighted by Crippen LogP contribution is 2.40. The van der Waals surface area contributed by atoms with E-state index in [0.29, 0.717) is 17.0 Å². The third kappa shape index (κ3) is 3.50. The lowest BCUT2D eigenvalue weighted by molar-refractivity contribution is 0.342. The molecule has 106 valence electrons. The van der Waals surface area contributed by atoms with Crippen LogP contribution in [0.15, 0.2) is 18.2 Å². The lowest BCUT2D eigenvalue weighted by Gasteiger charge is -2.27. The zero-order chi connectivity index (χ0) is 13.7. The quantitative estimate of drug-likeness (QED) is 0.779. The van der Waals surface area contributed by atoms with Crippen LogP contribution in [0.25, 0.3) is 0 Å². The fraction of sp³-hybridized carbons (Fsp3) is 0.600. The topological polar surface area (TPSA) is 47.3 Å². The smallest absolute Gasteiger partial charge is 0.144 e. The Bertz CT molecular complexity index is 417. The Morgan fingerprint density at radius 3 is 2.74 bits per heavy atom. The highest BCUT2D eigenvalue weighted by atomic mass is 32.2. The van der Waals surface area contributed by atoms with Gasteiger partial charge in [0.1, 0.15) is 5.75 Å². The SMILES string of the molecule is CCOc1cc(NCC2(SC)CCCC2)ccc1N. The van der Waals surface area contributed by atoms with Gasteiger partial charge in [0.25, 0.3) is 0 Å². The molecule has 0 unspecified atom stereocenters. The number of hydrogen-bond donors (Lipinski definition) is 2. The molecule has 0 bridgehead atoms. The van der Waals surface area contributed by atoms with E-state index in [1.807, 2.05) is 36.9 Å². The minimum atomic E-state index is 0.410. The van der Waals surface area contributed by atoms with Gasteiger partial charge in [-0.05, 0) is 38.2 Å². The van der Waals surface area contributed by atoms with Gasteiger partial charge in [-0.15, -0.1) is 0 Å². The van der Waals surface area contributed by atoms with Gasteiger partial charge in [0.05, 0.1) is 12.3 Å². The number of nitrogens with one attached hydrogen (secondary N) is 1. The van der Waals surface area contributed by atoms with Crippen LogP contribution in [0.3, 0.4) is 0 Å². The van der Waals surface area contributed by atoms with Gasteiger partial charge in [-0.3, -0.25) is 0 Å². The van der Waals surface area contributed by atoms with Crippen molar-refractivity contribution in [3.8, 4) is 5.75 Å². The molecule has 0 saturated heterocycles. The van der Waals surface area contributed by atoms with Gasteiger partial charge in [0.2, 0.25) is 0 Å². The minimum absolute atomic E-state index is 0.410. The molecule has 1 fully saturated rings. The maximum atomic E-state index is 5.89. The van der Waals surface area contributed by atoms with Gasteiger partial charge in [-0.2, -0.15) is 11.8 Å². The Hall–Kier alpha value is -1.03. The van der Waals surface area contributed by atoms with Gasteiger partial charge < -0.3 is 15.8 Å². The Morgan fingerprint density at radius 1 is 1.37 bits per heavy atom. The monoisotopic (exact) mass is 280 g/mol. The van der Waals surface area contributed by atoms with E-state index in [2.05, 4.69) is 11.6 Å². The maximum Gasteiger partial charge on any atom is 0.144 e. The Balaban J connectivity index is 2.01. The highest BCUT2D eigenvalue weighted by molar-refractivity contribution is 8.00. The molecule has 3 N–H and O–H groups in total. The molecule has 4 heteroatoms. The summed E-state index contributed by atoms with van der Waals surface area (Å²) >= 11 is 2.00. The van der Waals surface area contributed by atoms with E-state index in [1.165, 1.54) is 25.7 Å². The number of anilines is 2. The molecule has 19 heavy (non-hydrogen) atoms. The molecule has 0 amide bonds. The number of thioether (sulfide) groups is 1. The van der Waals surface area contributed by atoms with Gasteiger partial charge in [-0.1, -0.05) is 12.8 Å².